The van der Waals surface area contributed by atoms with Gasteiger partial charge in [0.25, 0.3) is 5.91 Å². The highest BCUT2D eigenvalue weighted by Gasteiger charge is 2.29. The molecule has 27 heavy (non-hydrogen) atoms. The Morgan fingerprint density at radius 2 is 2.11 bits per heavy atom. The van der Waals surface area contributed by atoms with Crippen LogP contribution in [0.4, 0.5) is 4.79 Å². The van der Waals surface area contributed by atoms with Crippen LogP contribution in [0.2, 0.25) is 0 Å². The van der Waals surface area contributed by atoms with Crippen molar-refractivity contribution in [2.45, 2.75) is 46.3 Å². The van der Waals surface area contributed by atoms with E-state index in [1.807, 2.05) is 5.38 Å². The molecule has 8 nitrogen and oxygen atoms in total. The minimum Gasteiger partial charge on any atom is -0.443 e. The Hall–Kier alpha value is -2.26. The molecule has 2 aromatic rings. The summed E-state index contributed by atoms with van der Waals surface area (Å²) in [6.07, 6.45) is 1.72. The number of rotatable bonds is 7. The van der Waals surface area contributed by atoms with E-state index in [1.54, 1.807) is 58.3 Å². The normalized spacial score (nSPS) is 11.4. The molecule has 0 aliphatic heterocycles. The molecule has 0 aromatic carbocycles. The molecular weight excluding hydrogens is 366 g/mol. The van der Waals surface area contributed by atoms with Crippen molar-refractivity contribution in [1.29, 1.82) is 0 Å². The summed E-state index contributed by atoms with van der Waals surface area (Å²) < 4.78 is 6.89. The molecule has 2 rings (SSSR count). The summed E-state index contributed by atoms with van der Waals surface area (Å²) in [5.41, 5.74) is 0.394. The van der Waals surface area contributed by atoms with E-state index in [2.05, 4.69) is 15.4 Å². The van der Waals surface area contributed by atoms with Crippen molar-refractivity contribution in [2.24, 2.45) is 7.05 Å². The zero-order valence-corrected chi connectivity index (χ0v) is 17.3. The first-order valence-corrected chi connectivity index (χ1v) is 9.70. The Bertz CT molecular complexity index is 765. The number of nitrogens with zero attached hydrogens (tertiary/aromatic N) is 4. The third-order valence-corrected chi connectivity index (χ3v) is 4.35. The summed E-state index contributed by atoms with van der Waals surface area (Å²) in [5, 5.41) is 10.4. The fraction of sp³-hybridized carbons (Fsp3) is 0.556. The van der Waals surface area contributed by atoms with Gasteiger partial charge in [-0.3, -0.25) is 9.48 Å². The van der Waals surface area contributed by atoms with Crippen LogP contribution in [0.1, 0.15) is 48.4 Å². The predicted octanol–water partition coefficient (Wildman–Crippen LogP) is 2.74. The quantitative estimate of drug-likeness (QED) is 0.728. The van der Waals surface area contributed by atoms with Gasteiger partial charge < -0.3 is 10.1 Å². The highest BCUT2D eigenvalue weighted by Crippen LogP contribution is 2.14. The van der Waals surface area contributed by atoms with Crippen molar-refractivity contribution in [3.63, 3.8) is 0 Å². The largest absolute Gasteiger partial charge is 0.443 e. The number of carbonyl (C=O) groups is 2. The number of ether oxygens (including phenoxy) is 1. The van der Waals surface area contributed by atoms with Gasteiger partial charge in [-0.1, -0.05) is 0 Å². The average molecular weight is 394 g/mol. The van der Waals surface area contributed by atoms with Crippen LogP contribution in [0, 0.1) is 6.92 Å². The molecule has 2 heterocycles. The van der Waals surface area contributed by atoms with E-state index in [-0.39, 0.29) is 6.54 Å². The van der Waals surface area contributed by atoms with Crippen LogP contribution >= 0.6 is 11.3 Å². The lowest BCUT2D eigenvalue weighted by Gasteiger charge is -2.26. The molecule has 9 heteroatoms. The van der Waals surface area contributed by atoms with Crippen molar-refractivity contribution in [3.05, 3.63) is 34.0 Å². The molecular formula is C18H27N5O3S. The summed E-state index contributed by atoms with van der Waals surface area (Å²) in [6, 6.07) is 1.67. The molecule has 0 unspecified atom stereocenters. The van der Waals surface area contributed by atoms with Crippen LogP contribution in [-0.2, 0) is 18.3 Å². The topological polar surface area (TPSA) is 89.4 Å². The van der Waals surface area contributed by atoms with Gasteiger partial charge >= 0.3 is 6.09 Å². The number of aromatic nitrogens is 3. The molecule has 2 amide bonds. The number of hydrogen-bond donors (Lipinski definition) is 1. The van der Waals surface area contributed by atoms with E-state index in [0.29, 0.717) is 25.2 Å². The second-order valence-electron chi connectivity index (χ2n) is 7.19. The van der Waals surface area contributed by atoms with Gasteiger partial charge in [0.2, 0.25) is 0 Å². The second kappa shape index (κ2) is 9.09. The molecule has 0 aliphatic carbocycles. The molecule has 0 saturated carbocycles. The fourth-order valence-electron chi connectivity index (χ4n) is 2.44. The molecule has 0 atom stereocenters. The van der Waals surface area contributed by atoms with E-state index in [1.165, 1.54) is 4.68 Å². The molecule has 0 aliphatic rings. The Balaban J connectivity index is 1.99. The van der Waals surface area contributed by atoms with Crippen LogP contribution in [-0.4, -0.2) is 50.4 Å². The van der Waals surface area contributed by atoms with Gasteiger partial charge in [0.15, 0.2) is 0 Å². The van der Waals surface area contributed by atoms with E-state index < -0.39 is 17.6 Å². The number of amides is 2. The molecule has 0 spiro atoms. The van der Waals surface area contributed by atoms with Crippen molar-refractivity contribution < 1.29 is 14.3 Å². The average Bonchev–Trinajstić information content (AvgIpc) is 3.17. The van der Waals surface area contributed by atoms with Gasteiger partial charge in [-0.05, 0) is 46.7 Å². The minimum atomic E-state index is -0.679. The molecule has 1 N–H and O–H groups in total. The first-order valence-electron chi connectivity index (χ1n) is 8.82. The zero-order chi connectivity index (χ0) is 20.0. The van der Waals surface area contributed by atoms with E-state index >= 15 is 0 Å². The number of carbonyl (C=O) groups excluding carboxylic acids is 2. The number of imide groups is 1. The lowest BCUT2D eigenvalue weighted by molar-refractivity contribution is 0.0236. The molecule has 0 radical (unpaired) electrons. The zero-order valence-electron chi connectivity index (χ0n) is 16.5. The monoisotopic (exact) mass is 393 g/mol. The highest BCUT2D eigenvalue weighted by atomic mass is 32.1. The molecule has 0 fully saturated rings. The third-order valence-electron chi connectivity index (χ3n) is 3.58. The molecule has 2 aromatic heterocycles. The van der Waals surface area contributed by atoms with Crippen LogP contribution in [0.3, 0.4) is 0 Å². The maximum absolute atomic E-state index is 12.9. The third kappa shape index (κ3) is 6.44. The van der Waals surface area contributed by atoms with Crippen LogP contribution < -0.4 is 5.32 Å². The van der Waals surface area contributed by atoms with Crippen molar-refractivity contribution in [2.75, 3.05) is 13.1 Å². The van der Waals surface area contributed by atoms with Crippen molar-refractivity contribution >= 4 is 23.3 Å². The standard InChI is InChI=1S/C18H27N5O3S/c1-13-11-14(22(5)21-13)16(24)23(17(25)26-18(2,3)4)9-6-7-19-12-15-20-8-10-27-15/h8,10-11,19H,6-7,9,12H2,1-5H3. The maximum Gasteiger partial charge on any atom is 0.417 e. The number of thiazole rings is 1. The van der Waals surface area contributed by atoms with E-state index in [0.717, 1.165) is 15.6 Å². The predicted molar refractivity (Wildman–Crippen MR) is 104 cm³/mol. The first kappa shape index (κ1) is 21.0. The number of nitrogens with one attached hydrogen (secondary N) is 1. The smallest absolute Gasteiger partial charge is 0.417 e. The summed E-state index contributed by atoms with van der Waals surface area (Å²) in [7, 11) is 1.68. The van der Waals surface area contributed by atoms with E-state index in [4.69, 9.17) is 4.74 Å². The summed E-state index contributed by atoms with van der Waals surface area (Å²) in [5.74, 6) is -0.410. The van der Waals surface area contributed by atoms with Gasteiger partial charge in [0, 0.05) is 31.7 Å². The first-order chi connectivity index (χ1) is 12.7. The number of hydrogen-bond acceptors (Lipinski definition) is 7. The van der Waals surface area contributed by atoms with Crippen LogP contribution in [0.15, 0.2) is 17.6 Å². The van der Waals surface area contributed by atoms with Crippen LogP contribution in [0.5, 0.6) is 0 Å². The van der Waals surface area contributed by atoms with Crippen molar-refractivity contribution in [3.8, 4) is 0 Å². The second-order valence-corrected chi connectivity index (χ2v) is 8.17. The lowest BCUT2D eigenvalue weighted by Crippen LogP contribution is -2.42. The molecule has 148 valence electrons. The van der Waals surface area contributed by atoms with Crippen molar-refractivity contribution in [1.82, 2.24) is 25.0 Å². The fourth-order valence-corrected chi connectivity index (χ4v) is 3.03. The Labute approximate surface area is 163 Å². The van der Waals surface area contributed by atoms with Gasteiger partial charge in [-0.2, -0.15) is 5.10 Å². The van der Waals surface area contributed by atoms with Gasteiger partial charge in [0.05, 0.1) is 5.69 Å². The Morgan fingerprint density at radius 3 is 2.67 bits per heavy atom. The highest BCUT2D eigenvalue weighted by molar-refractivity contribution is 7.09. The summed E-state index contributed by atoms with van der Waals surface area (Å²) in [6.45, 7) is 8.70. The molecule has 0 saturated heterocycles. The van der Waals surface area contributed by atoms with Gasteiger partial charge in [-0.25, -0.2) is 14.7 Å². The van der Waals surface area contributed by atoms with E-state index in [9.17, 15) is 9.59 Å². The minimum absolute atomic E-state index is 0.253. The van der Waals surface area contributed by atoms with Gasteiger partial charge in [-0.15, -0.1) is 11.3 Å². The summed E-state index contributed by atoms with van der Waals surface area (Å²) in [4.78, 5) is 30.8. The number of aryl methyl sites for hydroxylation is 2. The SMILES string of the molecule is Cc1cc(C(=O)N(CCCNCc2nccs2)C(=O)OC(C)(C)C)n(C)n1. The van der Waals surface area contributed by atoms with Crippen LogP contribution in [0.25, 0.3) is 0 Å². The summed E-state index contributed by atoms with van der Waals surface area (Å²) >= 11 is 1.58. The van der Waals surface area contributed by atoms with Gasteiger partial charge in [0.1, 0.15) is 16.3 Å². The maximum atomic E-state index is 12.9. The Morgan fingerprint density at radius 1 is 1.37 bits per heavy atom. The molecule has 0 bridgehead atoms. The lowest BCUT2D eigenvalue weighted by atomic mass is 10.2. The Kier molecular flexibility index (Phi) is 7.09.